The Labute approximate surface area is 147 Å². The zero-order valence-corrected chi connectivity index (χ0v) is 15.4. The van der Waals surface area contributed by atoms with E-state index in [2.05, 4.69) is 15.6 Å². The number of hydrogen-bond acceptors (Lipinski definition) is 4. The third kappa shape index (κ3) is 10.4. The predicted octanol–water partition coefficient (Wildman–Crippen LogP) is 1.15. The molecule has 136 valence electrons. The van der Waals surface area contributed by atoms with Crippen molar-refractivity contribution in [2.75, 3.05) is 52.8 Å². The number of benzene rings is 1. The summed E-state index contributed by atoms with van der Waals surface area (Å²) in [5.74, 6) is 1.91. The minimum Gasteiger partial charge on any atom is -0.382 e. The fourth-order valence-electron chi connectivity index (χ4n) is 1.96. The first-order valence-corrected chi connectivity index (χ1v) is 9.65. The van der Waals surface area contributed by atoms with E-state index in [0.29, 0.717) is 37.9 Å². The van der Waals surface area contributed by atoms with E-state index in [1.165, 1.54) is 0 Å². The summed E-state index contributed by atoms with van der Waals surface area (Å²) in [7, 11) is 2.51. The van der Waals surface area contributed by atoms with Crippen LogP contribution in [0, 0.1) is 0 Å². The summed E-state index contributed by atoms with van der Waals surface area (Å²) in [6.07, 6.45) is 0.893. The highest BCUT2D eigenvalue weighted by Gasteiger charge is 2.03. The molecule has 0 fully saturated rings. The summed E-state index contributed by atoms with van der Waals surface area (Å²) in [6, 6.07) is 9.90. The smallest absolute Gasteiger partial charge is 0.191 e. The van der Waals surface area contributed by atoms with Crippen molar-refractivity contribution in [3.05, 3.63) is 35.9 Å². The molecule has 0 amide bonds. The van der Waals surface area contributed by atoms with Gasteiger partial charge in [0, 0.05) is 56.2 Å². The Morgan fingerprint density at radius 1 is 1.12 bits per heavy atom. The van der Waals surface area contributed by atoms with E-state index >= 15 is 0 Å². The molecule has 0 aliphatic carbocycles. The van der Waals surface area contributed by atoms with Crippen LogP contribution in [0.5, 0.6) is 0 Å². The molecule has 0 bridgehead atoms. The highest BCUT2D eigenvalue weighted by atomic mass is 32.2. The van der Waals surface area contributed by atoms with Crippen LogP contribution in [0.25, 0.3) is 0 Å². The largest absolute Gasteiger partial charge is 0.382 e. The normalized spacial score (nSPS) is 12.8. The van der Waals surface area contributed by atoms with Crippen molar-refractivity contribution >= 4 is 16.8 Å². The Balaban J connectivity index is 2.08. The second-order valence-corrected chi connectivity index (χ2v) is 6.73. The van der Waals surface area contributed by atoms with Gasteiger partial charge < -0.3 is 20.1 Å². The number of guanidine groups is 1. The fraction of sp³-hybridized carbons (Fsp3) is 0.588. The van der Waals surface area contributed by atoms with E-state index < -0.39 is 10.8 Å². The predicted molar refractivity (Wildman–Crippen MR) is 99.8 cm³/mol. The summed E-state index contributed by atoms with van der Waals surface area (Å²) in [6.45, 7) is 3.34. The van der Waals surface area contributed by atoms with Crippen LogP contribution in [0.1, 0.15) is 12.0 Å². The molecule has 0 heterocycles. The average molecular weight is 356 g/mol. The van der Waals surface area contributed by atoms with Crippen LogP contribution in [0.2, 0.25) is 0 Å². The van der Waals surface area contributed by atoms with Crippen LogP contribution in [-0.4, -0.2) is 63.0 Å². The molecule has 0 aliphatic heterocycles. The third-order valence-electron chi connectivity index (χ3n) is 3.21. The van der Waals surface area contributed by atoms with Gasteiger partial charge in [0.2, 0.25) is 0 Å². The van der Waals surface area contributed by atoms with Crippen LogP contribution in [0.3, 0.4) is 0 Å². The van der Waals surface area contributed by atoms with Crippen LogP contribution in [0.15, 0.2) is 35.3 Å². The molecular formula is C17H29N3O3S. The van der Waals surface area contributed by atoms with Gasteiger partial charge >= 0.3 is 0 Å². The molecule has 1 atom stereocenters. The summed E-state index contributed by atoms with van der Waals surface area (Å²) in [5, 5.41) is 6.39. The Morgan fingerprint density at radius 3 is 2.58 bits per heavy atom. The molecule has 0 saturated carbocycles. The molecule has 1 rings (SSSR count). The summed E-state index contributed by atoms with van der Waals surface area (Å²) in [4.78, 5) is 4.15. The molecule has 24 heavy (non-hydrogen) atoms. The van der Waals surface area contributed by atoms with Gasteiger partial charge in [-0.1, -0.05) is 30.3 Å². The Kier molecular flexibility index (Phi) is 12.0. The van der Waals surface area contributed by atoms with Crippen molar-refractivity contribution in [2.45, 2.75) is 12.2 Å². The molecule has 0 spiro atoms. The zero-order chi connectivity index (χ0) is 17.5. The number of ether oxygens (including phenoxy) is 2. The summed E-state index contributed by atoms with van der Waals surface area (Å²) < 4.78 is 22.4. The fourth-order valence-corrected chi connectivity index (χ4v) is 3.00. The van der Waals surface area contributed by atoms with Crippen LogP contribution in [-0.2, 0) is 26.0 Å². The van der Waals surface area contributed by atoms with Gasteiger partial charge in [-0.25, -0.2) is 0 Å². The standard InChI is InChI=1S/C17H29N3O3S/c1-18-17(19-9-6-11-23-13-12-22-2)20-10-14-24(21)15-16-7-4-3-5-8-16/h3-5,7-8H,6,9-15H2,1-2H3,(H2,18,19,20). The van der Waals surface area contributed by atoms with Crippen molar-refractivity contribution in [1.82, 2.24) is 10.6 Å². The lowest BCUT2D eigenvalue weighted by Gasteiger charge is -2.12. The third-order valence-corrected chi connectivity index (χ3v) is 4.52. The van der Waals surface area contributed by atoms with Crippen LogP contribution >= 0.6 is 0 Å². The van der Waals surface area contributed by atoms with E-state index in [4.69, 9.17) is 9.47 Å². The van der Waals surface area contributed by atoms with E-state index in [1.807, 2.05) is 30.3 Å². The van der Waals surface area contributed by atoms with Crippen molar-refractivity contribution < 1.29 is 13.7 Å². The minimum atomic E-state index is -0.879. The molecule has 1 unspecified atom stereocenters. The number of nitrogens with one attached hydrogen (secondary N) is 2. The van der Waals surface area contributed by atoms with Crippen molar-refractivity contribution in [3.8, 4) is 0 Å². The van der Waals surface area contributed by atoms with E-state index in [9.17, 15) is 4.21 Å². The highest BCUT2D eigenvalue weighted by Crippen LogP contribution is 2.02. The first kappa shape index (κ1) is 20.6. The molecule has 0 aromatic heterocycles. The number of nitrogens with zero attached hydrogens (tertiary/aromatic N) is 1. The number of hydrogen-bond donors (Lipinski definition) is 2. The molecule has 0 aliphatic rings. The van der Waals surface area contributed by atoms with E-state index in [-0.39, 0.29) is 0 Å². The second kappa shape index (κ2) is 13.9. The van der Waals surface area contributed by atoms with Crippen molar-refractivity contribution in [3.63, 3.8) is 0 Å². The van der Waals surface area contributed by atoms with Crippen LogP contribution in [0.4, 0.5) is 0 Å². The molecule has 6 nitrogen and oxygen atoms in total. The van der Waals surface area contributed by atoms with Gasteiger partial charge in [0.25, 0.3) is 0 Å². The van der Waals surface area contributed by atoms with Crippen molar-refractivity contribution in [2.24, 2.45) is 4.99 Å². The summed E-state index contributed by atoms with van der Waals surface area (Å²) >= 11 is 0. The lowest BCUT2D eigenvalue weighted by molar-refractivity contribution is 0.0698. The minimum absolute atomic E-state index is 0.591. The van der Waals surface area contributed by atoms with Gasteiger partial charge in [0.1, 0.15) is 0 Å². The van der Waals surface area contributed by atoms with Gasteiger partial charge in [0.05, 0.1) is 13.2 Å². The maximum Gasteiger partial charge on any atom is 0.191 e. The number of aliphatic imine (C=N–C) groups is 1. The average Bonchev–Trinajstić information content (AvgIpc) is 2.60. The first-order chi connectivity index (χ1) is 11.8. The van der Waals surface area contributed by atoms with Gasteiger partial charge in [-0.3, -0.25) is 9.20 Å². The lowest BCUT2D eigenvalue weighted by Crippen LogP contribution is -2.39. The Hall–Kier alpha value is -1.44. The van der Waals surface area contributed by atoms with Gasteiger partial charge in [0.15, 0.2) is 5.96 Å². The topological polar surface area (TPSA) is 72.0 Å². The lowest BCUT2D eigenvalue weighted by atomic mass is 10.2. The monoisotopic (exact) mass is 355 g/mol. The second-order valence-electron chi connectivity index (χ2n) is 5.16. The quantitative estimate of drug-likeness (QED) is 0.334. The number of methoxy groups -OCH3 is 1. The van der Waals surface area contributed by atoms with Gasteiger partial charge in [-0.2, -0.15) is 0 Å². The summed E-state index contributed by atoms with van der Waals surface area (Å²) in [5.41, 5.74) is 1.10. The van der Waals surface area contributed by atoms with Crippen molar-refractivity contribution in [1.29, 1.82) is 0 Å². The highest BCUT2D eigenvalue weighted by molar-refractivity contribution is 7.84. The molecule has 7 heteroatoms. The molecule has 0 saturated heterocycles. The van der Waals surface area contributed by atoms with Gasteiger partial charge in [-0.05, 0) is 12.0 Å². The Morgan fingerprint density at radius 2 is 1.88 bits per heavy atom. The SMILES string of the molecule is CN=C(NCCCOCCOC)NCCS(=O)Cc1ccccc1. The van der Waals surface area contributed by atoms with Gasteiger partial charge in [-0.15, -0.1) is 0 Å². The Bertz CT molecular complexity index is 483. The molecule has 1 aromatic rings. The molecule has 2 N–H and O–H groups in total. The maximum atomic E-state index is 12.1. The van der Waals surface area contributed by atoms with E-state index in [1.54, 1.807) is 14.2 Å². The van der Waals surface area contributed by atoms with E-state index in [0.717, 1.165) is 24.5 Å². The van der Waals surface area contributed by atoms with Crippen LogP contribution < -0.4 is 10.6 Å². The molecule has 0 radical (unpaired) electrons. The molecule has 1 aromatic carbocycles. The zero-order valence-electron chi connectivity index (χ0n) is 14.6. The first-order valence-electron chi connectivity index (χ1n) is 8.16. The maximum absolute atomic E-state index is 12.1. The number of rotatable bonds is 12. The molecular weight excluding hydrogens is 326 g/mol.